The lowest BCUT2D eigenvalue weighted by Gasteiger charge is -2.08. The van der Waals surface area contributed by atoms with Crippen LogP contribution in [-0.4, -0.2) is 12.5 Å². The van der Waals surface area contributed by atoms with Crippen molar-refractivity contribution in [2.24, 2.45) is 0 Å². The lowest BCUT2D eigenvalue weighted by Crippen LogP contribution is -2.10. The molecule has 3 heteroatoms. The summed E-state index contributed by atoms with van der Waals surface area (Å²) in [7, 11) is 0. The van der Waals surface area contributed by atoms with Gasteiger partial charge in [0.1, 0.15) is 5.75 Å². The number of rotatable bonds is 8. The van der Waals surface area contributed by atoms with Crippen molar-refractivity contribution in [1.29, 1.82) is 0 Å². The second kappa shape index (κ2) is 8.88. The first-order valence-electron chi connectivity index (χ1n) is 7.84. The van der Waals surface area contributed by atoms with E-state index in [0.717, 1.165) is 30.7 Å². The lowest BCUT2D eigenvalue weighted by atomic mass is 10.1. The van der Waals surface area contributed by atoms with Crippen molar-refractivity contribution < 1.29 is 9.53 Å². The van der Waals surface area contributed by atoms with E-state index in [0.29, 0.717) is 13.0 Å². The summed E-state index contributed by atoms with van der Waals surface area (Å²) in [6.45, 7) is 2.68. The fraction of sp³-hybridized carbons (Fsp3) is 0.316. The normalized spacial score (nSPS) is 10.2. The molecule has 0 heterocycles. The first-order valence-corrected chi connectivity index (χ1v) is 7.84. The predicted octanol–water partition coefficient (Wildman–Crippen LogP) is 4.44. The van der Waals surface area contributed by atoms with Gasteiger partial charge in [-0.05, 0) is 49.1 Å². The molecule has 1 amide bonds. The Labute approximate surface area is 132 Å². The fourth-order valence-electron chi connectivity index (χ4n) is 2.20. The van der Waals surface area contributed by atoms with Crippen molar-refractivity contribution in [3.63, 3.8) is 0 Å². The highest BCUT2D eigenvalue weighted by Crippen LogP contribution is 2.16. The molecule has 1 N–H and O–H groups in total. The van der Waals surface area contributed by atoms with Crippen LogP contribution in [-0.2, 0) is 11.2 Å². The van der Waals surface area contributed by atoms with Gasteiger partial charge < -0.3 is 10.1 Å². The van der Waals surface area contributed by atoms with Gasteiger partial charge in [-0.15, -0.1) is 0 Å². The Morgan fingerprint density at radius 3 is 2.45 bits per heavy atom. The molecule has 2 aromatic rings. The molecule has 0 bridgehead atoms. The number of ether oxygens (including phenoxy) is 1. The van der Waals surface area contributed by atoms with Gasteiger partial charge in [-0.3, -0.25) is 4.79 Å². The SMILES string of the molecule is CCCC(=O)Nc1ccc(OCCCc2ccccc2)cc1. The maximum absolute atomic E-state index is 11.5. The molecule has 2 aromatic carbocycles. The van der Waals surface area contributed by atoms with Gasteiger partial charge in [-0.2, -0.15) is 0 Å². The predicted molar refractivity (Wildman–Crippen MR) is 90.2 cm³/mol. The molecule has 0 unspecified atom stereocenters. The molecular formula is C19H23NO2. The quantitative estimate of drug-likeness (QED) is 0.732. The third-order valence-corrected chi connectivity index (χ3v) is 3.34. The largest absolute Gasteiger partial charge is 0.494 e. The smallest absolute Gasteiger partial charge is 0.224 e. The van der Waals surface area contributed by atoms with Crippen LogP contribution < -0.4 is 10.1 Å². The molecule has 0 aliphatic carbocycles. The Balaban J connectivity index is 1.71. The summed E-state index contributed by atoms with van der Waals surface area (Å²) in [5, 5.41) is 2.86. The van der Waals surface area contributed by atoms with Gasteiger partial charge >= 0.3 is 0 Å². The molecule has 0 saturated heterocycles. The topological polar surface area (TPSA) is 38.3 Å². The van der Waals surface area contributed by atoms with Crippen molar-refractivity contribution in [3.05, 3.63) is 60.2 Å². The summed E-state index contributed by atoms with van der Waals surface area (Å²) >= 11 is 0. The number of carbonyl (C=O) groups excluding carboxylic acids is 1. The fourth-order valence-corrected chi connectivity index (χ4v) is 2.20. The van der Waals surface area contributed by atoms with Crippen molar-refractivity contribution in [2.45, 2.75) is 32.6 Å². The minimum absolute atomic E-state index is 0.0547. The second-order valence-electron chi connectivity index (χ2n) is 5.26. The molecule has 0 aromatic heterocycles. The summed E-state index contributed by atoms with van der Waals surface area (Å²) in [5.41, 5.74) is 2.15. The zero-order valence-electron chi connectivity index (χ0n) is 13.0. The highest BCUT2D eigenvalue weighted by molar-refractivity contribution is 5.90. The van der Waals surface area contributed by atoms with Crippen LogP contribution in [0.1, 0.15) is 31.7 Å². The zero-order valence-corrected chi connectivity index (χ0v) is 13.0. The minimum Gasteiger partial charge on any atom is -0.494 e. The zero-order chi connectivity index (χ0) is 15.6. The van der Waals surface area contributed by atoms with E-state index in [1.807, 2.05) is 37.3 Å². The summed E-state index contributed by atoms with van der Waals surface area (Å²) in [6, 6.07) is 17.9. The van der Waals surface area contributed by atoms with E-state index in [4.69, 9.17) is 4.74 Å². The molecule has 116 valence electrons. The first kappa shape index (κ1) is 16.1. The summed E-state index contributed by atoms with van der Waals surface area (Å²) < 4.78 is 5.72. The third-order valence-electron chi connectivity index (χ3n) is 3.34. The van der Waals surface area contributed by atoms with Crippen molar-refractivity contribution in [3.8, 4) is 5.75 Å². The van der Waals surface area contributed by atoms with Crippen LogP contribution in [0.25, 0.3) is 0 Å². The first-order chi connectivity index (χ1) is 10.8. The van der Waals surface area contributed by atoms with Crippen LogP contribution in [0, 0.1) is 0 Å². The molecule has 22 heavy (non-hydrogen) atoms. The lowest BCUT2D eigenvalue weighted by molar-refractivity contribution is -0.116. The van der Waals surface area contributed by atoms with Gasteiger partial charge in [0, 0.05) is 12.1 Å². The number of benzene rings is 2. The summed E-state index contributed by atoms with van der Waals surface area (Å²) in [6.07, 6.45) is 3.41. The Kier molecular flexibility index (Phi) is 6.49. The number of anilines is 1. The van der Waals surface area contributed by atoms with Crippen molar-refractivity contribution >= 4 is 11.6 Å². The van der Waals surface area contributed by atoms with Crippen molar-refractivity contribution in [1.82, 2.24) is 0 Å². The monoisotopic (exact) mass is 297 g/mol. The van der Waals surface area contributed by atoms with Gasteiger partial charge in [0.15, 0.2) is 0 Å². The summed E-state index contributed by atoms with van der Waals surface area (Å²) in [4.78, 5) is 11.5. The number of aryl methyl sites for hydroxylation is 1. The van der Waals surface area contributed by atoms with E-state index < -0.39 is 0 Å². The molecular weight excluding hydrogens is 274 g/mol. The molecule has 0 fully saturated rings. The van der Waals surface area contributed by atoms with Crippen LogP contribution >= 0.6 is 0 Å². The van der Waals surface area contributed by atoms with Gasteiger partial charge in [0.25, 0.3) is 0 Å². The molecule has 0 atom stereocenters. The Hall–Kier alpha value is -2.29. The highest BCUT2D eigenvalue weighted by Gasteiger charge is 2.01. The molecule has 0 aliphatic rings. The average Bonchev–Trinajstić information content (AvgIpc) is 2.54. The van der Waals surface area contributed by atoms with Crippen LogP contribution in [0.3, 0.4) is 0 Å². The number of hydrogen-bond acceptors (Lipinski definition) is 2. The van der Waals surface area contributed by atoms with E-state index in [9.17, 15) is 4.79 Å². The molecule has 0 spiro atoms. The number of carbonyl (C=O) groups is 1. The van der Waals surface area contributed by atoms with E-state index >= 15 is 0 Å². The van der Waals surface area contributed by atoms with Gasteiger partial charge in [0.2, 0.25) is 5.91 Å². The Morgan fingerprint density at radius 1 is 1.05 bits per heavy atom. The average molecular weight is 297 g/mol. The Morgan fingerprint density at radius 2 is 1.77 bits per heavy atom. The van der Waals surface area contributed by atoms with Crippen LogP contribution in [0.5, 0.6) is 5.75 Å². The van der Waals surface area contributed by atoms with Crippen LogP contribution in [0.4, 0.5) is 5.69 Å². The molecule has 0 aliphatic heterocycles. The second-order valence-corrected chi connectivity index (χ2v) is 5.26. The maximum atomic E-state index is 11.5. The van der Waals surface area contributed by atoms with E-state index in [1.165, 1.54) is 5.56 Å². The third kappa shape index (κ3) is 5.60. The highest BCUT2D eigenvalue weighted by atomic mass is 16.5. The number of nitrogens with one attached hydrogen (secondary N) is 1. The van der Waals surface area contributed by atoms with Gasteiger partial charge in [0.05, 0.1) is 6.61 Å². The van der Waals surface area contributed by atoms with E-state index in [-0.39, 0.29) is 5.91 Å². The van der Waals surface area contributed by atoms with E-state index in [2.05, 4.69) is 29.6 Å². The molecule has 2 rings (SSSR count). The van der Waals surface area contributed by atoms with Crippen LogP contribution in [0.15, 0.2) is 54.6 Å². The molecule has 0 radical (unpaired) electrons. The number of amides is 1. The molecule has 3 nitrogen and oxygen atoms in total. The Bertz CT molecular complexity index is 564. The van der Waals surface area contributed by atoms with Crippen LogP contribution in [0.2, 0.25) is 0 Å². The van der Waals surface area contributed by atoms with E-state index in [1.54, 1.807) is 0 Å². The van der Waals surface area contributed by atoms with Gasteiger partial charge in [-0.1, -0.05) is 37.3 Å². The minimum atomic E-state index is 0.0547. The van der Waals surface area contributed by atoms with Crippen molar-refractivity contribution in [2.75, 3.05) is 11.9 Å². The molecule has 0 saturated carbocycles. The number of hydrogen-bond donors (Lipinski definition) is 1. The van der Waals surface area contributed by atoms with Gasteiger partial charge in [-0.25, -0.2) is 0 Å². The standard InChI is InChI=1S/C19H23NO2/c1-2-7-19(21)20-17-11-13-18(14-12-17)22-15-6-10-16-8-4-3-5-9-16/h3-5,8-9,11-14H,2,6-7,10,15H2,1H3,(H,20,21). The maximum Gasteiger partial charge on any atom is 0.224 e. The summed E-state index contributed by atoms with van der Waals surface area (Å²) in [5.74, 6) is 0.889.